The Labute approximate surface area is 202 Å². The normalized spacial score (nSPS) is 12.4. The average Bonchev–Trinajstić information content (AvgIpc) is 3.20. The van der Waals surface area contributed by atoms with Gasteiger partial charge in [-0.15, -0.1) is 11.3 Å². The molecular weight excluding hydrogens is 484 g/mol. The fraction of sp³-hybridized carbons (Fsp3) is 0.450. The molecule has 2 rings (SSSR count). The Bertz CT molecular complexity index is 1040. The van der Waals surface area contributed by atoms with Crippen molar-refractivity contribution in [3.05, 3.63) is 29.6 Å². The number of nitrogens with zero attached hydrogens (tertiary/aromatic N) is 2. The first-order chi connectivity index (χ1) is 16.0. The second-order valence-electron chi connectivity index (χ2n) is 7.64. The molecule has 1 atom stereocenters. The summed E-state index contributed by atoms with van der Waals surface area (Å²) in [6.07, 6.45) is -0.376. The van der Waals surface area contributed by atoms with E-state index in [2.05, 4.69) is 20.3 Å². The van der Waals surface area contributed by atoms with Gasteiger partial charge in [-0.1, -0.05) is 0 Å². The molecule has 14 heteroatoms. The highest BCUT2D eigenvalue weighted by Crippen LogP contribution is 2.26. The summed E-state index contributed by atoms with van der Waals surface area (Å²) < 4.78 is 29.6. The van der Waals surface area contributed by atoms with Crippen LogP contribution in [0.1, 0.15) is 19.3 Å². The number of carbonyl (C=O) groups excluding carboxylic acids is 1. The van der Waals surface area contributed by atoms with Crippen LogP contribution < -0.4 is 25.2 Å². The van der Waals surface area contributed by atoms with Crippen LogP contribution in [0.3, 0.4) is 0 Å². The molecule has 6 N–H and O–H groups in total. The number of anilines is 1. The van der Waals surface area contributed by atoms with Crippen molar-refractivity contribution in [3.8, 4) is 17.0 Å². The summed E-state index contributed by atoms with van der Waals surface area (Å²) in [4.78, 5) is 30.1. The highest BCUT2D eigenvalue weighted by molar-refractivity contribution is 7.87. The molecule has 12 nitrogen and oxygen atoms in total. The summed E-state index contributed by atoms with van der Waals surface area (Å²) in [6, 6.07) is 6.42. The van der Waals surface area contributed by atoms with Gasteiger partial charge in [0.15, 0.2) is 5.13 Å². The molecule has 1 aromatic heterocycles. The Morgan fingerprint density at radius 3 is 2.56 bits per heavy atom. The van der Waals surface area contributed by atoms with E-state index in [-0.39, 0.29) is 13.0 Å². The van der Waals surface area contributed by atoms with Crippen LogP contribution in [0.25, 0.3) is 11.3 Å². The second kappa shape index (κ2) is 13.2. The zero-order chi connectivity index (χ0) is 25.1. The minimum absolute atomic E-state index is 0.0928. The number of aromatic nitrogens is 1. The zero-order valence-corrected chi connectivity index (χ0v) is 20.6. The van der Waals surface area contributed by atoms with Crippen LogP contribution in [-0.4, -0.2) is 75.2 Å². The maximum absolute atomic E-state index is 12.6. The number of unbranched alkanes of at least 4 members (excludes halogenated alkanes) is 1. The fourth-order valence-corrected chi connectivity index (χ4v) is 3.98. The lowest BCUT2D eigenvalue weighted by molar-refractivity contribution is -0.118. The first-order valence-electron chi connectivity index (χ1n) is 10.4. The number of likely N-dealkylation sites (N-methyl/N-ethyl adjacent to an activating group) is 1. The number of carbonyl (C=O) groups is 2. The van der Waals surface area contributed by atoms with Gasteiger partial charge in [0.05, 0.1) is 5.69 Å². The monoisotopic (exact) mass is 514 g/mol. The van der Waals surface area contributed by atoms with Crippen molar-refractivity contribution in [3.63, 3.8) is 0 Å². The van der Waals surface area contributed by atoms with E-state index < -0.39 is 28.3 Å². The minimum Gasteiger partial charge on any atom is -0.492 e. The number of hydrogen-bond donors (Lipinski definition) is 5. The van der Waals surface area contributed by atoms with Crippen LogP contribution in [-0.2, 0) is 15.0 Å². The quantitative estimate of drug-likeness (QED) is 0.234. The SMILES string of the molecule is CN(C)CCOc1ccc(-c2csc(NC(=O)C(CCCCNS(N)(=O)=O)NC(=O)O)n2)cc1. The predicted molar refractivity (Wildman–Crippen MR) is 130 cm³/mol. The molecule has 0 saturated carbocycles. The largest absolute Gasteiger partial charge is 0.492 e. The van der Waals surface area contributed by atoms with Gasteiger partial charge in [0.2, 0.25) is 5.91 Å². The Balaban J connectivity index is 1.91. The molecule has 0 bridgehead atoms. The third-order valence-corrected chi connectivity index (χ3v) is 5.89. The van der Waals surface area contributed by atoms with Crippen LogP contribution in [0.15, 0.2) is 29.6 Å². The van der Waals surface area contributed by atoms with Gasteiger partial charge in [-0.3, -0.25) is 4.79 Å². The number of benzene rings is 1. The van der Waals surface area contributed by atoms with E-state index in [1.807, 2.05) is 43.3 Å². The van der Waals surface area contributed by atoms with Crippen molar-refractivity contribution in [2.24, 2.45) is 5.14 Å². The molecule has 0 aliphatic heterocycles. The summed E-state index contributed by atoms with van der Waals surface area (Å²) in [5.74, 6) is 0.198. The Kier molecular flexibility index (Phi) is 10.7. The molecule has 34 heavy (non-hydrogen) atoms. The van der Waals surface area contributed by atoms with Gasteiger partial charge in [-0.05, 0) is 57.6 Å². The Morgan fingerprint density at radius 1 is 1.24 bits per heavy atom. The number of thiazole rings is 1. The topological polar surface area (TPSA) is 176 Å². The molecule has 0 fully saturated rings. The molecule has 0 aliphatic carbocycles. The lowest BCUT2D eigenvalue weighted by Crippen LogP contribution is -2.43. The molecule has 0 spiro atoms. The number of nitrogens with one attached hydrogen (secondary N) is 3. The van der Waals surface area contributed by atoms with Crippen molar-refractivity contribution in [2.45, 2.75) is 25.3 Å². The number of hydrogen-bond acceptors (Lipinski definition) is 8. The fourth-order valence-electron chi connectivity index (χ4n) is 2.83. The third-order valence-electron chi connectivity index (χ3n) is 4.53. The minimum atomic E-state index is -3.79. The highest BCUT2D eigenvalue weighted by atomic mass is 32.2. The maximum Gasteiger partial charge on any atom is 0.405 e. The molecule has 0 aliphatic rings. The van der Waals surface area contributed by atoms with Gasteiger partial charge in [0.25, 0.3) is 10.2 Å². The average molecular weight is 515 g/mol. The van der Waals surface area contributed by atoms with Crippen LogP contribution in [0.2, 0.25) is 0 Å². The van der Waals surface area contributed by atoms with E-state index in [0.29, 0.717) is 30.3 Å². The number of rotatable bonds is 14. The summed E-state index contributed by atoms with van der Waals surface area (Å²) in [7, 11) is 0.159. The first-order valence-corrected chi connectivity index (χ1v) is 12.9. The van der Waals surface area contributed by atoms with E-state index in [9.17, 15) is 18.0 Å². The lowest BCUT2D eigenvalue weighted by Gasteiger charge is -2.15. The third kappa shape index (κ3) is 10.4. The standard InChI is InChI=1S/C20H30N6O6S2/c1-26(2)11-12-32-15-8-6-14(7-9-15)17-13-33-19(23-17)25-18(27)16(24-20(28)29)5-3-4-10-22-34(21,30)31/h6-9,13,16,22,24H,3-5,10-12H2,1-2H3,(H,28,29)(H2,21,30,31)(H,23,25,27). The van der Waals surface area contributed by atoms with Gasteiger partial charge in [0.1, 0.15) is 18.4 Å². The molecular formula is C20H30N6O6S2. The molecule has 188 valence electrons. The Morgan fingerprint density at radius 2 is 1.94 bits per heavy atom. The van der Waals surface area contributed by atoms with Gasteiger partial charge in [-0.25, -0.2) is 19.6 Å². The summed E-state index contributed by atoms with van der Waals surface area (Å²) in [5, 5.41) is 20.8. The van der Waals surface area contributed by atoms with Crippen molar-refractivity contribution in [2.75, 3.05) is 39.1 Å². The molecule has 1 heterocycles. The van der Waals surface area contributed by atoms with Crippen LogP contribution >= 0.6 is 11.3 Å². The van der Waals surface area contributed by atoms with Gasteiger partial charge < -0.3 is 25.4 Å². The van der Waals surface area contributed by atoms with Gasteiger partial charge in [-0.2, -0.15) is 8.42 Å². The molecule has 1 aromatic carbocycles. The first kappa shape index (κ1) is 27.5. The van der Waals surface area contributed by atoms with Crippen molar-refractivity contribution >= 4 is 38.7 Å². The predicted octanol–water partition coefficient (Wildman–Crippen LogP) is 1.29. The van der Waals surface area contributed by atoms with Crippen molar-refractivity contribution in [1.29, 1.82) is 0 Å². The van der Waals surface area contributed by atoms with Crippen LogP contribution in [0.5, 0.6) is 5.75 Å². The van der Waals surface area contributed by atoms with E-state index in [0.717, 1.165) is 17.9 Å². The van der Waals surface area contributed by atoms with Crippen molar-refractivity contribution in [1.82, 2.24) is 19.9 Å². The smallest absolute Gasteiger partial charge is 0.405 e. The number of nitrogens with two attached hydrogens (primary N) is 1. The molecule has 0 radical (unpaired) electrons. The van der Waals surface area contributed by atoms with Gasteiger partial charge >= 0.3 is 6.09 Å². The van der Waals surface area contributed by atoms with Gasteiger partial charge in [0, 0.05) is 24.0 Å². The number of ether oxygens (including phenoxy) is 1. The van der Waals surface area contributed by atoms with E-state index in [1.54, 1.807) is 5.38 Å². The van der Waals surface area contributed by atoms with Crippen LogP contribution in [0.4, 0.5) is 9.93 Å². The number of amides is 2. The highest BCUT2D eigenvalue weighted by Gasteiger charge is 2.21. The second-order valence-corrected chi connectivity index (χ2v) is 9.88. The zero-order valence-electron chi connectivity index (χ0n) is 19.0. The molecule has 2 amide bonds. The summed E-state index contributed by atoms with van der Waals surface area (Å²) >= 11 is 1.22. The molecule has 0 saturated heterocycles. The number of carboxylic acid groups (broad SMARTS) is 1. The lowest BCUT2D eigenvalue weighted by atomic mass is 10.1. The summed E-state index contributed by atoms with van der Waals surface area (Å²) in [6.45, 7) is 1.48. The summed E-state index contributed by atoms with van der Waals surface area (Å²) in [5.41, 5.74) is 1.51. The molecule has 1 unspecified atom stereocenters. The van der Waals surface area contributed by atoms with E-state index in [1.165, 1.54) is 11.3 Å². The molecule has 2 aromatic rings. The Hall–Kier alpha value is -2.78. The van der Waals surface area contributed by atoms with Crippen molar-refractivity contribution < 1.29 is 27.9 Å². The van der Waals surface area contributed by atoms with E-state index in [4.69, 9.17) is 15.0 Å². The van der Waals surface area contributed by atoms with E-state index >= 15 is 0 Å². The van der Waals surface area contributed by atoms with Crippen LogP contribution in [0, 0.1) is 0 Å². The maximum atomic E-state index is 12.6.